The highest BCUT2D eigenvalue weighted by Crippen LogP contribution is 2.33. The van der Waals surface area contributed by atoms with E-state index >= 15 is 0 Å². The number of anilines is 2. The number of halogens is 4. The van der Waals surface area contributed by atoms with E-state index in [1.54, 1.807) is 6.92 Å². The summed E-state index contributed by atoms with van der Waals surface area (Å²) in [5, 5.41) is 2.44. The van der Waals surface area contributed by atoms with Gasteiger partial charge in [-0.3, -0.25) is 14.5 Å². The van der Waals surface area contributed by atoms with Gasteiger partial charge < -0.3 is 25.4 Å². The van der Waals surface area contributed by atoms with Crippen LogP contribution >= 0.6 is 0 Å². The van der Waals surface area contributed by atoms with Crippen molar-refractivity contribution in [3.63, 3.8) is 0 Å². The zero-order valence-corrected chi connectivity index (χ0v) is 16.2. The summed E-state index contributed by atoms with van der Waals surface area (Å²) in [5.41, 5.74) is 7.68. The summed E-state index contributed by atoms with van der Waals surface area (Å²) in [6.45, 7) is -2.44. The highest BCUT2D eigenvalue weighted by atomic mass is 19.3. The van der Waals surface area contributed by atoms with Crippen LogP contribution in [0.4, 0.5) is 28.9 Å². The number of alkyl halides is 4. The minimum atomic E-state index is -3.17. The highest BCUT2D eigenvalue weighted by molar-refractivity contribution is 5.98. The van der Waals surface area contributed by atoms with Gasteiger partial charge in [0.25, 0.3) is 12.3 Å². The fourth-order valence-electron chi connectivity index (χ4n) is 3.05. The van der Waals surface area contributed by atoms with E-state index < -0.39 is 44.0 Å². The van der Waals surface area contributed by atoms with Gasteiger partial charge in [-0.15, -0.1) is 6.54 Å². The summed E-state index contributed by atoms with van der Waals surface area (Å²) in [7, 11) is 0. The van der Waals surface area contributed by atoms with Gasteiger partial charge in [-0.05, 0) is 18.7 Å². The number of ether oxygens (including phenoxy) is 2. The van der Waals surface area contributed by atoms with Crippen molar-refractivity contribution in [2.45, 2.75) is 26.0 Å². The molecule has 2 amide bonds. The predicted molar refractivity (Wildman–Crippen MR) is 101 cm³/mol. The smallest absolute Gasteiger partial charge is 0.387 e. The van der Waals surface area contributed by atoms with E-state index in [1.807, 2.05) is 0 Å². The highest BCUT2D eigenvalue weighted by Gasteiger charge is 2.26. The number of carbonyl (C=O) groups excluding carboxylic acids is 2. The molecule has 1 heterocycles. The SMILES string of the molecule is CCN(CC(F)F)[C@H](C[NH-])C(=O)Nc1ccc(N2CCOCC2=O)c(OC(F)F)c1. The first kappa shape index (κ1) is 23.8. The lowest BCUT2D eigenvalue weighted by molar-refractivity contribution is -0.126. The van der Waals surface area contributed by atoms with Crippen molar-refractivity contribution in [2.75, 3.05) is 49.6 Å². The van der Waals surface area contributed by atoms with E-state index in [1.165, 1.54) is 17.0 Å². The number of amides is 2. The van der Waals surface area contributed by atoms with Gasteiger partial charge in [-0.1, -0.05) is 6.92 Å². The van der Waals surface area contributed by atoms with E-state index in [9.17, 15) is 27.2 Å². The maximum Gasteiger partial charge on any atom is 0.387 e. The van der Waals surface area contributed by atoms with Gasteiger partial charge in [0.1, 0.15) is 6.61 Å². The number of nitrogens with one attached hydrogen (secondary N) is 2. The van der Waals surface area contributed by atoms with Crippen LogP contribution in [0.15, 0.2) is 18.2 Å². The Hall–Kier alpha value is -2.44. The maximum atomic E-state index is 12.9. The molecule has 1 aromatic carbocycles. The summed E-state index contributed by atoms with van der Waals surface area (Å²) >= 11 is 0. The molecule has 8 nitrogen and oxygen atoms in total. The Morgan fingerprint density at radius 3 is 2.67 bits per heavy atom. The zero-order valence-electron chi connectivity index (χ0n) is 16.2. The third kappa shape index (κ3) is 6.28. The zero-order chi connectivity index (χ0) is 22.3. The molecule has 1 atom stereocenters. The van der Waals surface area contributed by atoms with Crippen LogP contribution in [0.3, 0.4) is 0 Å². The van der Waals surface area contributed by atoms with E-state index in [4.69, 9.17) is 10.5 Å². The van der Waals surface area contributed by atoms with Crippen molar-refractivity contribution in [1.29, 1.82) is 0 Å². The lowest BCUT2D eigenvalue weighted by atomic mass is 10.2. The Morgan fingerprint density at radius 1 is 1.37 bits per heavy atom. The minimum absolute atomic E-state index is 0.0617. The maximum absolute atomic E-state index is 12.9. The van der Waals surface area contributed by atoms with Crippen molar-refractivity contribution in [3.8, 4) is 5.75 Å². The molecule has 168 valence electrons. The van der Waals surface area contributed by atoms with E-state index in [-0.39, 0.29) is 43.4 Å². The van der Waals surface area contributed by atoms with Gasteiger partial charge in [-0.25, -0.2) is 8.78 Å². The van der Waals surface area contributed by atoms with Crippen LogP contribution in [-0.2, 0) is 14.3 Å². The van der Waals surface area contributed by atoms with Crippen molar-refractivity contribution in [3.05, 3.63) is 23.9 Å². The van der Waals surface area contributed by atoms with Crippen LogP contribution in [0, 0.1) is 0 Å². The minimum Gasteiger partial charge on any atom is -0.676 e. The molecule has 0 saturated carbocycles. The second-order valence-electron chi connectivity index (χ2n) is 6.35. The van der Waals surface area contributed by atoms with Gasteiger partial charge in [-0.2, -0.15) is 8.78 Å². The van der Waals surface area contributed by atoms with Crippen LogP contribution < -0.4 is 15.0 Å². The summed E-state index contributed by atoms with van der Waals surface area (Å²) < 4.78 is 60.7. The molecular formula is C18H23F4N4O4-. The molecule has 1 saturated heterocycles. The van der Waals surface area contributed by atoms with Crippen molar-refractivity contribution in [1.82, 2.24) is 4.90 Å². The number of hydrogen-bond acceptors (Lipinski definition) is 5. The first-order valence-corrected chi connectivity index (χ1v) is 9.21. The quantitative estimate of drug-likeness (QED) is 0.570. The molecule has 1 aliphatic heterocycles. The fraction of sp³-hybridized carbons (Fsp3) is 0.556. The molecule has 0 radical (unpaired) electrons. The Bertz CT molecular complexity index is 738. The summed E-state index contributed by atoms with van der Waals surface area (Å²) in [6.07, 6.45) is -2.68. The molecule has 0 unspecified atom stereocenters. The average molecular weight is 435 g/mol. The van der Waals surface area contributed by atoms with Gasteiger partial charge in [0, 0.05) is 18.3 Å². The van der Waals surface area contributed by atoms with Crippen molar-refractivity contribution < 1.29 is 36.6 Å². The number of hydrogen-bond donors (Lipinski definition) is 1. The Labute approximate surface area is 170 Å². The first-order valence-electron chi connectivity index (χ1n) is 9.21. The molecule has 1 fully saturated rings. The normalized spacial score (nSPS) is 15.8. The summed E-state index contributed by atoms with van der Waals surface area (Å²) in [4.78, 5) is 26.9. The molecule has 2 rings (SSSR count). The fourth-order valence-corrected chi connectivity index (χ4v) is 3.05. The number of carbonyl (C=O) groups is 2. The Morgan fingerprint density at radius 2 is 2.10 bits per heavy atom. The lowest BCUT2D eigenvalue weighted by Gasteiger charge is -2.31. The molecule has 2 N–H and O–H groups in total. The van der Waals surface area contributed by atoms with Crippen LogP contribution in [0.5, 0.6) is 5.75 Å². The predicted octanol–water partition coefficient (Wildman–Crippen LogP) is 2.60. The first-order chi connectivity index (χ1) is 14.3. The molecule has 12 heteroatoms. The second-order valence-corrected chi connectivity index (χ2v) is 6.35. The van der Waals surface area contributed by atoms with Crippen LogP contribution in [-0.4, -0.2) is 75.2 Å². The van der Waals surface area contributed by atoms with E-state index in [0.717, 1.165) is 11.0 Å². The molecule has 0 spiro atoms. The third-order valence-electron chi connectivity index (χ3n) is 4.44. The van der Waals surface area contributed by atoms with Crippen LogP contribution in [0.25, 0.3) is 5.73 Å². The number of morpholine rings is 1. The lowest BCUT2D eigenvalue weighted by Crippen LogP contribution is -2.47. The van der Waals surface area contributed by atoms with Crippen molar-refractivity contribution >= 4 is 23.2 Å². The molecule has 1 aliphatic rings. The number of likely N-dealkylation sites (N-methyl/N-ethyl adjacent to an activating group) is 1. The van der Waals surface area contributed by atoms with Gasteiger partial charge in [0.2, 0.25) is 5.91 Å². The third-order valence-corrected chi connectivity index (χ3v) is 4.44. The molecule has 0 aliphatic carbocycles. The van der Waals surface area contributed by atoms with Crippen LogP contribution in [0.2, 0.25) is 0 Å². The van der Waals surface area contributed by atoms with E-state index in [2.05, 4.69) is 10.1 Å². The number of nitrogens with zero attached hydrogens (tertiary/aromatic N) is 2. The molecule has 30 heavy (non-hydrogen) atoms. The van der Waals surface area contributed by atoms with E-state index in [0.29, 0.717) is 0 Å². The second kappa shape index (κ2) is 11.1. The monoisotopic (exact) mass is 435 g/mol. The summed E-state index contributed by atoms with van der Waals surface area (Å²) in [6, 6.07) is 2.68. The largest absolute Gasteiger partial charge is 0.676 e. The van der Waals surface area contributed by atoms with Gasteiger partial charge >= 0.3 is 6.61 Å². The number of benzene rings is 1. The standard InChI is InChI=1S/C18H23F4N4O4/c1-2-25(9-15(19)20)13(8-23)17(28)24-11-3-4-12(14(7-11)30-18(21)22)26-5-6-29-10-16(26)27/h3-4,7,13,15,18,23H,2,5-6,8-10H2,1H3,(H,24,28)/q-1/t13-/m1/s1. The topological polar surface area (TPSA) is 94.9 Å². The van der Waals surface area contributed by atoms with Gasteiger partial charge in [0.15, 0.2) is 5.75 Å². The Balaban J connectivity index is 2.24. The average Bonchev–Trinajstić information content (AvgIpc) is 2.68. The number of rotatable bonds is 10. The Kier molecular flexibility index (Phi) is 8.81. The molecule has 0 aromatic heterocycles. The molecule has 0 bridgehead atoms. The van der Waals surface area contributed by atoms with Gasteiger partial charge in [0.05, 0.1) is 24.9 Å². The summed E-state index contributed by atoms with van der Waals surface area (Å²) in [5.74, 6) is -1.50. The molecular weight excluding hydrogens is 412 g/mol. The van der Waals surface area contributed by atoms with Crippen molar-refractivity contribution in [2.24, 2.45) is 0 Å². The van der Waals surface area contributed by atoms with Crippen LogP contribution in [0.1, 0.15) is 6.92 Å². The molecule has 1 aromatic rings.